The second-order valence-corrected chi connectivity index (χ2v) is 3.12. The molecule has 1 rings (SSSR count). The average molecular weight is 193 g/mol. The molecule has 2 amide bonds. The monoisotopic (exact) mass is 192 g/mol. The molecule has 0 unspecified atom stereocenters. The minimum absolute atomic E-state index is 0. The summed E-state index contributed by atoms with van der Waals surface area (Å²) in [5.74, 6) is 0. The van der Waals surface area contributed by atoms with E-state index in [1.165, 1.54) is 0 Å². The van der Waals surface area contributed by atoms with Crippen molar-refractivity contribution >= 4 is 18.4 Å². The van der Waals surface area contributed by atoms with Gasteiger partial charge in [-0.3, -0.25) is 0 Å². The molecule has 4 heteroatoms. The van der Waals surface area contributed by atoms with Gasteiger partial charge < -0.3 is 10.6 Å². The number of primary amides is 1. The number of hydrogen-bond donors (Lipinski definition) is 1. The van der Waals surface area contributed by atoms with Gasteiger partial charge in [0.05, 0.1) is 0 Å². The molecule has 12 heavy (non-hydrogen) atoms. The Morgan fingerprint density at radius 1 is 1.58 bits per heavy atom. The van der Waals surface area contributed by atoms with E-state index in [1.807, 2.05) is 0 Å². The molecule has 1 aliphatic carbocycles. The van der Waals surface area contributed by atoms with Crippen LogP contribution < -0.4 is 5.73 Å². The lowest BCUT2D eigenvalue weighted by Gasteiger charge is -2.18. The number of amides is 2. The zero-order valence-corrected chi connectivity index (χ0v) is 8.27. The lowest BCUT2D eigenvalue weighted by atomic mass is 10.3. The predicted molar refractivity (Wildman–Crippen MR) is 51.5 cm³/mol. The zero-order chi connectivity index (χ0) is 8.27. The molecule has 0 aliphatic heterocycles. The fourth-order valence-electron chi connectivity index (χ4n) is 1.19. The van der Waals surface area contributed by atoms with E-state index in [0.29, 0.717) is 6.04 Å². The van der Waals surface area contributed by atoms with Crippen molar-refractivity contribution in [1.29, 1.82) is 0 Å². The van der Waals surface area contributed by atoms with E-state index in [4.69, 9.17) is 5.73 Å². The fraction of sp³-hybridized carbons (Fsp3) is 0.875. The largest absolute Gasteiger partial charge is 0.351 e. The van der Waals surface area contributed by atoms with Crippen molar-refractivity contribution in [1.82, 2.24) is 4.90 Å². The first-order valence-corrected chi connectivity index (χ1v) is 4.31. The molecule has 0 heterocycles. The second kappa shape index (κ2) is 5.25. The number of carbonyl (C=O) groups is 1. The number of urea groups is 1. The number of halogens is 1. The van der Waals surface area contributed by atoms with Crippen molar-refractivity contribution in [2.75, 3.05) is 6.54 Å². The van der Waals surface area contributed by atoms with E-state index in [9.17, 15) is 4.79 Å². The maximum Gasteiger partial charge on any atom is 0.315 e. The second-order valence-electron chi connectivity index (χ2n) is 3.12. The van der Waals surface area contributed by atoms with Crippen molar-refractivity contribution in [3.05, 3.63) is 0 Å². The van der Waals surface area contributed by atoms with E-state index in [2.05, 4.69) is 6.92 Å². The van der Waals surface area contributed by atoms with Crippen LogP contribution >= 0.6 is 12.4 Å². The maximum absolute atomic E-state index is 10.8. The number of hydrogen-bond acceptors (Lipinski definition) is 1. The summed E-state index contributed by atoms with van der Waals surface area (Å²) in [4.78, 5) is 12.6. The molecular formula is C8H17ClN2O. The molecule has 0 atom stereocenters. The Morgan fingerprint density at radius 3 is 2.50 bits per heavy atom. The standard InChI is InChI=1S/C8H16N2O.ClH/c1-2-3-6-10(8(9)11)7-4-5-7;/h7H,2-6H2,1H3,(H2,9,11);1H. The molecule has 0 aromatic carbocycles. The van der Waals surface area contributed by atoms with Gasteiger partial charge in [-0.1, -0.05) is 13.3 Å². The van der Waals surface area contributed by atoms with Gasteiger partial charge >= 0.3 is 6.03 Å². The summed E-state index contributed by atoms with van der Waals surface area (Å²) in [6, 6.07) is 0.222. The van der Waals surface area contributed by atoms with Gasteiger partial charge in [-0.15, -0.1) is 12.4 Å². The molecule has 0 spiro atoms. The molecule has 2 N–H and O–H groups in total. The van der Waals surface area contributed by atoms with Gasteiger partial charge in [-0.25, -0.2) is 4.79 Å². The van der Waals surface area contributed by atoms with Gasteiger partial charge in [-0.2, -0.15) is 0 Å². The highest BCUT2D eigenvalue weighted by Gasteiger charge is 2.30. The number of carbonyl (C=O) groups excluding carboxylic acids is 1. The number of rotatable bonds is 4. The Hall–Kier alpha value is -0.440. The van der Waals surface area contributed by atoms with Crippen LogP contribution in [0.25, 0.3) is 0 Å². The van der Waals surface area contributed by atoms with Gasteiger partial charge in [0.15, 0.2) is 0 Å². The quantitative estimate of drug-likeness (QED) is 0.725. The lowest BCUT2D eigenvalue weighted by molar-refractivity contribution is 0.204. The Kier molecular flexibility index (Phi) is 5.06. The summed E-state index contributed by atoms with van der Waals surface area (Å²) in [5.41, 5.74) is 5.21. The predicted octanol–water partition coefficient (Wildman–Crippen LogP) is 1.75. The summed E-state index contributed by atoms with van der Waals surface area (Å²) < 4.78 is 0. The smallest absolute Gasteiger partial charge is 0.315 e. The minimum Gasteiger partial charge on any atom is -0.351 e. The van der Waals surface area contributed by atoms with Crippen molar-refractivity contribution in [3.8, 4) is 0 Å². The third-order valence-electron chi connectivity index (χ3n) is 2.02. The number of nitrogens with two attached hydrogens (primary N) is 1. The fourth-order valence-corrected chi connectivity index (χ4v) is 1.19. The van der Waals surface area contributed by atoms with E-state index in [1.54, 1.807) is 4.90 Å². The van der Waals surface area contributed by atoms with Gasteiger partial charge in [0.2, 0.25) is 0 Å². The van der Waals surface area contributed by atoms with Crippen LogP contribution in [0, 0.1) is 0 Å². The highest BCUT2D eigenvalue weighted by molar-refractivity contribution is 5.85. The highest BCUT2D eigenvalue weighted by Crippen LogP contribution is 2.26. The average Bonchev–Trinajstić information content (AvgIpc) is 2.71. The van der Waals surface area contributed by atoms with Crippen LogP contribution in [-0.2, 0) is 0 Å². The van der Waals surface area contributed by atoms with Crippen LogP contribution in [0.4, 0.5) is 4.79 Å². The molecule has 1 aliphatic rings. The van der Waals surface area contributed by atoms with Crippen LogP contribution in [0.3, 0.4) is 0 Å². The van der Waals surface area contributed by atoms with Crippen molar-refractivity contribution in [3.63, 3.8) is 0 Å². The van der Waals surface area contributed by atoms with Gasteiger partial charge in [0, 0.05) is 12.6 Å². The van der Waals surface area contributed by atoms with Crippen molar-refractivity contribution < 1.29 is 4.79 Å². The molecule has 72 valence electrons. The van der Waals surface area contributed by atoms with Crippen LogP contribution in [0.15, 0.2) is 0 Å². The first-order chi connectivity index (χ1) is 5.25. The Bertz CT molecular complexity index is 148. The Balaban J connectivity index is 0.00000121. The van der Waals surface area contributed by atoms with Crippen molar-refractivity contribution in [2.24, 2.45) is 5.73 Å². The SMILES string of the molecule is CCCCN(C(N)=O)C1CC1.Cl. The molecule has 1 fully saturated rings. The number of nitrogens with zero attached hydrogens (tertiary/aromatic N) is 1. The molecule has 0 aromatic heterocycles. The van der Waals surface area contributed by atoms with E-state index in [-0.39, 0.29) is 18.4 Å². The van der Waals surface area contributed by atoms with Crippen LogP contribution in [0.5, 0.6) is 0 Å². The summed E-state index contributed by atoms with van der Waals surface area (Å²) in [6.07, 6.45) is 4.48. The third kappa shape index (κ3) is 3.30. The normalized spacial score (nSPS) is 15.1. The minimum atomic E-state index is -0.249. The first-order valence-electron chi connectivity index (χ1n) is 4.31. The molecule has 3 nitrogen and oxygen atoms in total. The zero-order valence-electron chi connectivity index (χ0n) is 7.45. The summed E-state index contributed by atoms with van der Waals surface area (Å²) >= 11 is 0. The Morgan fingerprint density at radius 2 is 2.17 bits per heavy atom. The lowest BCUT2D eigenvalue weighted by Crippen LogP contribution is -2.38. The maximum atomic E-state index is 10.8. The van der Waals surface area contributed by atoms with Crippen LogP contribution in [0.2, 0.25) is 0 Å². The van der Waals surface area contributed by atoms with Crippen molar-refractivity contribution in [2.45, 2.75) is 38.6 Å². The van der Waals surface area contributed by atoms with E-state index < -0.39 is 0 Å². The molecule has 0 bridgehead atoms. The molecule has 1 saturated carbocycles. The van der Waals surface area contributed by atoms with Crippen LogP contribution in [0.1, 0.15) is 32.6 Å². The topological polar surface area (TPSA) is 46.3 Å². The van der Waals surface area contributed by atoms with Crippen LogP contribution in [-0.4, -0.2) is 23.5 Å². The summed E-state index contributed by atoms with van der Waals surface area (Å²) in [7, 11) is 0. The highest BCUT2D eigenvalue weighted by atomic mass is 35.5. The summed E-state index contributed by atoms with van der Waals surface area (Å²) in [5, 5.41) is 0. The molecule has 0 saturated heterocycles. The van der Waals surface area contributed by atoms with E-state index >= 15 is 0 Å². The number of unbranched alkanes of at least 4 members (excludes halogenated alkanes) is 1. The van der Waals surface area contributed by atoms with E-state index in [0.717, 1.165) is 32.2 Å². The molecular weight excluding hydrogens is 176 g/mol. The van der Waals surface area contributed by atoms with Gasteiger partial charge in [0.25, 0.3) is 0 Å². The molecule has 0 radical (unpaired) electrons. The summed E-state index contributed by atoms with van der Waals surface area (Å²) in [6.45, 7) is 2.96. The third-order valence-corrected chi connectivity index (χ3v) is 2.02. The van der Waals surface area contributed by atoms with Gasteiger partial charge in [-0.05, 0) is 19.3 Å². The molecule has 0 aromatic rings. The first kappa shape index (κ1) is 11.6. The Labute approximate surface area is 79.7 Å². The van der Waals surface area contributed by atoms with Gasteiger partial charge in [0.1, 0.15) is 0 Å².